The van der Waals surface area contributed by atoms with E-state index < -0.39 is 5.97 Å². The van der Waals surface area contributed by atoms with E-state index in [1.807, 2.05) is 18.2 Å². The van der Waals surface area contributed by atoms with Crippen LogP contribution in [0.5, 0.6) is 0 Å². The molecule has 0 fully saturated rings. The molecule has 1 aromatic heterocycles. The number of esters is 1. The third-order valence-corrected chi connectivity index (χ3v) is 2.82. The fraction of sp³-hybridized carbons (Fsp3) is 0.333. The Morgan fingerprint density at radius 1 is 1.26 bits per heavy atom. The van der Waals surface area contributed by atoms with E-state index >= 15 is 0 Å². The molecule has 100 valence electrons. The molecular formula is C15H17NO3. The highest BCUT2D eigenvalue weighted by molar-refractivity contribution is 5.88. The zero-order chi connectivity index (χ0) is 13.5. The molecule has 2 rings (SSSR count). The van der Waals surface area contributed by atoms with Gasteiger partial charge in [0.2, 0.25) is 0 Å². The molecule has 0 bridgehead atoms. The molecule has 4 nitrogen and oxygen atoms in total. The Morgan fingerprint density at radius 2 is 2.05 bits per heavy atom. The standard InChI is InChI=1S/C15H17NO3/c1-2-18-15(17)14-13(19-11-16-14)10-6-9-12-7-4-3-5-8-12/h3-5,7-8,11H,2,6,9-10H2,1H3. The van der Waals surface area contributed by atoms with Gasteiger partial charge in [-0.15, -0.1) is 0 Å². The number of benzene rings is 1. The number of hydrogen-bond donors (Lipinski definition) is 0. The normalized spacial score (nSPS) is 10.4. The number of rotatable bonds is 6. The highest BCUT2D eigenvalue weighted by atomic mass is 16.5. The van der Waals surface area contributed by atoms with Crippen molar-refractivity contribution in [1.29, 1.82) is 0 Å². The summed E-state index contributed by atoms with van der Waals surface area (Å²) in [6.07, 6.45) is 3.84. The van der Waals surface area contributed by atoms with E-state index in [0.29, 0.717) is 24.5 Å². The van der Waals surface area contributed by atoms with Gasteiger partial charge in [-0.3, -0.25) is 0 Å². The molecule has 0 unspecified atom stereocenters. The number of ether oxygens (including phenoxy) is 1. The molecule has 1 aromatic carbocycles. The number of oxazole rings is 1. The SMILES string of the molecule is CCOC(=O)c1ncoc1CCCc1ccccc1. The average molecular weight is 259 g/mol. The van der Waals surface area contributed by atoms with Crippen LogP contribution in [0.4, 0.5) is 0 Å². The van der Waals surface area contributed by atoms with Crippen molar-refractivity contribution < 1.29 is 13.9 Å². The van der Waals surface area contributed by atoms with Crippen molar-refractivity contribution in [1.82, 2.24) is 4.98 Å². The second-order valence-corrected chi connectivity index (χ2v) is 4.18. The molecule has 0 atom stereocenters. The third-order valence-electron chi connectivity index (χ3n) is 2.82. The van der Waals surface area contributed by atoms with Crippen LogP contribution in [0.25, 0.3) is 0 Å². The zero-order valence-electron chi connectivity index (χ0n) is 11.0. The maximum Gasteiger partial charge on any atom is 0.360 e. The first-order valence-corrected chi connectivity index (χ1v) is 6.44. The van der Waals surface area contributed by atoms with Gasteiger partial charge in [-0.1, -0.05) is 30.3 Å². The summed E-state index contributed by atoms with van der Waals surface area (Å²) >= 11 is 0. The Labute approximate surface area is 112 Å². The van der Waals surface area contributed by atoms with E-state index in [0.717, 1.165) is 12.8 Å². The van der Waals surface area contributed by atoms with E-state index in [-0.39, 0.29) is 0 Å². The van der Waals surface area contributed by atoms with Crippen LogP contribution < -0.4 is 0 Å². The summed E-state index contributed by atoms with van der Waals surface area (Å²) in [6, 6.07) is 10.2. The first-order chi connectivity index (χ1) is 9.31. The highest BCUT2D eigenvalue weighted by Crippen LogP contribution is 2.13. The van der Waals surface area contributed by atoms with Gasteiger partial charge in [0, 0.05) is 6.42 Å². The Kier molecular flexibility index (Phi) is 4.72. The van der Waals surface area contributed by atoms with E-state index in [1.165, 1.54) is 12.0 Å². The smallest absolute Gasteiger partial charge is 0.360 e. The summed E-state index contributed by atoms with van der Waals surface area (Å²) in [5, 5.41) is 0. The van der Waals surface area contributed by atoms with E-state index in [4.69, 9.17) is 9.15 Å². The minimum Gasteiger partial charge on any atom is -0.461 e. The molecule has 0 aliphatic carbocycles. The minimum atomic E-state index is -0.411. The van der Waals surface area contributed by atoms with Gasteiger partial charge in [-0.05, 0) is 25.3 Å². The summed E-state index contributed by atoms with van der Waals surface area (Å²) in [5.41, 5.74) is 1.58. The molecule has 0 amide bonds. The largest absolute Gasteiger partial charge is 0.461 e. The number of nitrogens with zero attached hydrogens (tertiary/aromatic N) is 1. The lowest BCUT2D eigenvalue weighted by molar-refractivity contribution is 0.0517. The van der Waals surface area contributed by atoms with Crippen LogP contribution in [-0.4, -0.2) is 17.6 Å². The molecular weight excluding hydrogens is 242 g/mol. The fourth-order valence-corrected chi connectivity index (χ4v) is 1.91. The fourth-order valence-electron chi connectivity index (χ4n) is 1.91. The number of carbonyl (C=O) groups excluding carboxylic acids is 1. The Morgan fingerprint density at radius 3 is 2.79 bits per heavy atom. The van der Waals surface area contributed by atoms with Crippen LogP contribution in [0.2, 0.25) is 0 Å². The van der Waals surface area contributed by atoms with Gasteiger partial charge in [0.1, 0.15) is 5.76 Å². The van der Waals surface area contributed by atoms with Gasteiger partial charge >= 0.3 is 5.97 Å². The van der Waals surface area contributed by atoms with Gasteiger partial charge in [0.05, 0.1) is 6.61 Å². The van der Waals surface area contributed by atoms with Crippen LogP contribution in [0.3, 0.4) is 0 Å². The van der Waals surface area contributed by atoms with Crippen LogP contribution >= 0.6 is 0 Å². The third kappa shape index (κ3) is 3.68. The van der Waals surface area contributed by atoms with Gasteiger partial charge in [-0.2, -0.15) is 0 Å². The van der Waals surface area contributed by atoms with Gasteiger partial charge in [0.25, 0.3) is 0 Å². The van der Waals surface area contributed by atoms with Gasteiger partial charge in [0.15, 0.2) is 12.1 Å². The van der Waals surface area contributed by atoms with Crippen molar-refractivity contribution in [3.8, 4) is 0 Å². The summed E-state index contributed by atoms with van der Waals surface area (Å²) < 4.78 is 10.2. The topological polar surface area (TPSA) is 52.3 Å². The van der Waals surface area contributed by atoms with Gasteiger partial charge < -0.3 is 9.15 Å². The molecule has 4 heteroatoms. The summed E-state index contributed by atoms with van der Waals surface area (Å²) in [5.74, 6) is 0.195. The number of aromatic nitrogens is 1. The maximum atomic E-state index is 11.6. The second-order valence-electron chi connectivity index (χ2n) is 4.18. The molecule has 0 N–H and O–H groups in total. The van der Waals surface area contributed by atoms with Crippen molar-refractivity contribution in [2.75, 3.05) is 6.61 Å². The molecule has 2 aromatic rings. The van der Waals surface area contributed by atoms with Crippen molar-refractivity contribution >= 4 is 5.97 Å². The average Bonchev–Trinajstić information content (AvgIpc) is 2.89. The molecule has 1 heterocycles. The maximum absolute atomic E-state index is 11.6. The zero-order valence-corrected chi connectivity index (χ0v) is 11.0. The predicted octanol–water partition coefficient (Wildman–Crippen LogP) is 3.03. The summed E-state index contributed by atoms with van der Waals surface area (Å²) in [7, 11) is 0. The lowest BCUT2D eigenvalue weighted by Crippen LogP contribution is -2.08. The van der Waals surface area contributed by atoms with Crippen LogP contribution in [0, 0.1) is 0 Å². The highest BCUT2D eigenvalue weighted by Gasteiger charge is 2.17. The van der Waals surface area contributed by atoms with Crippen LogP contribution in [0.1, 0.15) is 35.2 Å². The molecule has 0 aliphatic heterocycles. The number of aryl methyl sites for hydroxylation is 2. The Bertz CT molecular complexity index is 519. The summed E-state index contributed by atoms with van der Waals surface area (Å²) in [6.45, 7) is 2.11. The predicted molar refractivity (Wildman–Crippen MR) is 70.9 cm³/mol. The lowest BCUT2D eigenvalue weighted by Gasteiger charge is -2.02. The van der Waals surface area contributed by atoms with E-state index in [9.17, 15) is 4.79 Å². The van der Waals surface area contributed by atoms with E-state index in [1.54, 1.807) is 6.92 Å². The van der Waals surface area contributed by atoms with Crippen molar-refractivity contribution in [2.24, 2.45) is 0 Å². The van der Waals surface area contributed by atoms with Crippen molar-refractivity contribution in [3.63, 3.8) is 0 Å². The molecule has 19 heavy (non-hydrogen) atoms. The van der Waals surface area contributed by atoms with Crippen molar-refractivity contribution in [3.05, 3.63) is 53.7 Å². The molecule has 0 aliphatic rings. The van der Waals surface area contributed by atoms with Crippen LogP contribution in [-0.2, 0) is 17.6 Å². The monoisotopic (exact) mass is 259 g/mol. The Balaban J connectivity index is 1.90. The minimum absolute atomic E-state index is 0.301. The Hall–Kier alpha value is -2.10. The quantitative estimate of drug-likeness (QED) is 0.748. The van der Waals surface area contributed by atoms with Crippen LogP contribution in [0.15, 0.2) is 41.1 Å². The molecule has 0 spiro atoms. The number of hydrogen-bond acceptors (Lipinski definition) is 4. The van der Waals surface area contributed by atoms with E-state index in [2.05, 4.69) is 17.1 Å². The molecule has 0 radical (unpaired) electrons. The summed E-state index contributed by atoms with van der Waals surface area (Å²) in [4.78, 5) is 15.5. The number of carbonyl (C=O) groups is 1. The second kappa shape index (κ2) is 6.73. The lowest BCUT2D eigenvalue weighted by atomic mass is 10.1. The van der Waals surface area contributed by atoms with Gasteiger partial charge in [-0.25, -0.2) is 9.78 Å². The first kappa shape index (κ1) is 13.3. The van der Waals surface area contributed by atoms with Crippen molar-refractivity contribution in [2.45, 2.75) is 26.2 Å². The molecule has 0 saturated heterocycles. The molecule has 0 saturated carbocycles. The first-order valence-electron chi connectivity index (χ1n) is 6.44.